The van der Waals surface area contributed by atoms with Crippen LogP contribution in [0.2, 0.25) is 0 Å². The number of hydrogen-bond donors (Lipinski definition) is 1. The van der Waals surface area contributed by atoms with Gasteiger partial charge in [-0.2, -0.15) is 0 Å². The minimum atomic E-state index is -0.824. The fraction of sp³-hybridized carbons (Fsp3) is 0.533. The van der Waals surface area contributed by atoms with Crippen LogP contribution in [0.3, 0.4) is 0 Å². The number of nitrogens with two attached hydrogens (primary N) is 1. The van der Waals surface area contributed by atoms with Gasteiger partial charge in [-0.15, -0.1) is 0 Å². The molecule has 1 amide bonds. The van der Waals surface area contributed by atoms with E-state index in [9.17, 15) is 4.79 Å². The molecule has 2 rings (SSSR count). The largest absolute Gasteiger partial charge is 0.476 e. The van der Waals surface area contributed by atoms with Crippen LogP contribution in [0.15, 0.2) is 18.2 Å². The Bertz CT molecular complexity index is 495. The zero-order chi connectivity index (χ0) is 14.2. The third kappa shape index (κ3) is 2.59. The maximum absolute atomic E-state index is 12.5. The molecule has 4 nitrogen and oxygen atoms in total. The molecule has 0 fully saturated rings. The average Bonchev–Trinajstić information content (AvgIpc) is 2.33. The molecule has 1 heterocycles. The summed E-state index contributed by atoms with van der Waals surface area (Å²) in [5.74, 6) is 1.15. The summed E-state index contributed by atoms with van der Waals surface area (Å²) in [6, 6.07) is 5.80. The van der Waals surface area contributed by atoms with E-state index < -0.39 is 5.60 Å². The van der Waals surface area contributed by atoms with Crippen LogP contribution in [0.4, 0.5) is 5.69 Å². The Labute approximate surface area is 114 Å². The van der Waals surface area contributed by atoms with Gasteiger partial charge in [-0.25, -0.2) is 0 Å². The first kappa shape index (κ1) is 13.9. The Morgan fingerprint density at radius 2 is 2.05 bits per heavy atom. The third-order valence-electron chi connectivity index (χ3n) is 3.22. The fourth-order valence-corrected chi connectivity index (χ4v) is 2.29. The van der Waals surface area contributed by atoms with Crippen LogP contribution in [0, 0.1) is 5.92 Å². The first-order valence-electron chi connectivity index (χ1n) is 6.69. The molecule has 0 bridgehead atoms. The molecular weight excluding hydrogens is 240 g/mol. The second-order valence-corrected chi connectivity index (χ2v) is 5.93. The molecule has 104 valence electrons. The summed E-state index contributed by atoms with van der Waals surface area (Å²) in [5.41, 5.74) is 6.68. The van der Waals surface area contributed by atoms with Crippen LogP contribution in [0.5, 0.6) is 5.75 Å². The molecule has 4 heteroatoms. The van der Waals surface area contributed by atoms with E-state index in [1.807, 2.05) is 23.1 Å². The molecule has 0 saturated heterocycles. The van der Waals surface area contributed by atoms with Crippen LogP contribution in [-0.4, -0.2) is 18.1 Å². The van der Waals surface area contributed by atoms with Crippen LogP contribution in [0.25, 0.3) is 0 Å². The van der Waals surface area contributed by atoms with E-state index in [4.69, 9.17) is 10.5 Å². The second kappa shape index (κ2) is 4.85. The molecule has 0 atom stereocenters. The first-order chi connectivity index (χ1) is 8.85. The van der Waals surface area contributed by atoms with Gasteiger partial charge in [0.05, 0.1) is 5.69 Å². The highest BCUT2D eigenvalue weighted by atomic mass is 16.5. The number of amides is 1. The third-order valence-corrected chi connectivity index (χ3v) is 3.22. The van der Waals surface area contributed by atoms with Crippen molar-refractivity contribution in [2.75, 3.05) is 11.4 Å². The van der Waals surface area contributed by atoms with Gasteiger partial charge in [0.2, 0.25) is 0 Å². The van der Waals surface area contributed by atoms with Crippen molar-refractivity contribution in [3.8, 4) is 5.75 Å². The molecule has 0 spiro atoms. The number of ether oxygens (including phenoxy) is 1. The van der Waals surface area contributed by atoms with E-state index in [2.05, 4.69) is 13.8 Å². The zero-order valence-electron chi connectivity index (χ0n) is 12.1. The smallest absolute Gasteiger partial charge is 0.270 e. The summed E-state index contributed by atoms with van der Waals surface area (Å²) in [5, 5.41) is 0. The van der Waals surface area contributed by atoms with Crippen molar-refractivity contribution >= 4 is 11.6 Å². The second-order valence-electron chi connectivity index (χ2n) is 5.93. The molecule has 1 aromatic rings. The molecule has 1 aliphatic rings. The lowest BCUT2D eigenvalue weighted by atomic mass is 10.0. The molecule has 0 radical (unpaired) electrons. The van der Waals surface area contributed by atoms with Gasteiger partial charge in [0, 0.05) is 13.1 Å². The lowest BCUT2D eigenvalue weighted by molar-refractivity contribution is -0.132. The highest BCUT2D eigenvalue weighted by Gasteiger charge is 2.40. The monoisotopic (exact) mass is 262 g/mol. The Hall–Kier alpha value is -1.55. The summed E-state index contributed by atoms with van der Waals surface area (Å²) in [6.45, 7) is 8.98. The predicted molar refractivity (Wildman–Crippen MR) is 76.2 cm³/mol. The number of hydrogen-bond acceptors (Lipinski definition) is 3. The molecule has 0 unspecified atom stereocenters. The summed E-state index contributed by atoms with van der Waals surface area (Å²) in [7, 11) is 0. The van der Waals surface area contributed by atoms with Gasteiger partial charge < -0.3 is 15.4 Å². The Morgan fingerprint density at radius 1 is 1.37 bits per heavy atom. The molecule has 1 aliphatic heterocycles. The topological polar surface area (TPSA) is 55.6 Å². The molecule has 19 heavy (non-hydrogen) atoms. The van der Waals surface area contributed by atoms with Crippen molar-refractivity contribution in [3.63, 3.8) is 0 Å². The first-order valence-corrected chi connectivity index (χ1v) is 6.69. The summed E-state index contributed by atoms with van der Waals surface area (Å²) >= 11 is 0. The van der Waals surface area contributed by atoms with Gasteiger partial charge in [-0.3, -0.25) is 4.79 Å². The Morgan fingerprint density at radius 3 is 2.63 bits per heavy atom. The van der Waals surface area contributed by atoms with E-state index in [0.29, 0.717) is 19.0 Å². The van der Waals surface area contributed by atoms with Gasteiger partial charge in [0.25, 0.3) is 5.91 Å². The number of fused-ring (bicyclic) bond motifs is 1. The van der Waals surface area contributed by atoms with Crippen LogP contribution in [-0.2, 0) is 11.3 Å². The molecule has 2 N–H and O–H groups in total. The number of anilines is 1. The molecular formula is C15H22N2O2. The van der Waals surface area contributed by atoms with Crippen molar-refractivity contribution in [2.45, 2.75) is 39.8 Å². The van der Waals surface area contributed by atoms with Crippen molar-refractivity contribution in [3.05, 3.63) is 23.8 Å². The van der Waals surface area contributed by atoms with E-state index in [0.717, 1.165) is 17.0 Å². The van der Waals surface area contributed by atoms with Crippen molar-refractivity contribution in [1.29, 1.82) is 0 Å². The van der Waals surface area contributed by atoms with Crippen molar-refractivity contribution < 1.29 is 9.53 Å². The number of carbonyl (C=O) groups is 1. The van der Waals surface area contributed by atoms with Crippen LogP contribution >= 0.6 is 0 Å². The van der Waals surface area contributed by atoms with E-state index >= 15 is 0 Å². The maximum Gasteiger partial charge on any atom is 0.270 e. The van der Waals surface area contributed by atoms with Gasteiger partial charge in [0.1, 0.15) is 5.75 Å². The fourth-order valence-electron chi connectivity index (χ4n) is 2.29. The van der Waals surface area contributed by atoms with Gasteiger partial charge in [-0.05, 0) is 37.5 Å². The standard InChI is InChI=1S/C15H22N2O2/c1-10(2)9-17-12-6-5-11(8-16)7-13(12)19-15(3,4)14(17)18/h5-7,10H,8-9,16H2,1-4H3. The minimum absolute atomic E-state index is 0.00852. The van der Waals surface area contributed by atoms with Gasteiger partial charge >= 0.3 is 0 Å². The van der Waals surface area contributed by atoms with Gasteiger partial charge in [0.15, 0.2) is 5.60 Å². The molecule has 0 aromatic heterocycles. The highest BCUT2D eigenvalue weighted by Crippen LogP contribution is 2.38. The number of rotatable bonds is 3. The van der Waals surface area contributed by atoms with E-state index in [-0.39, 0.29) is 5.91 Å². The lowest BCUT2D eigenvalue weighted by Crippen LogP contribution is -2.53. The van der Waals surface area contributed by atoms with Crippen molar-refractivity contribution in [2.24, 2.45) is 11.7 Å². The van der Waals surface area contributed by atoms with E-state index in [1.54, 1.807) is 13.8 Å². The van der Waals surface area contributed by atoms with Crippen molar-refractivity contribution in [1.82, 2.24) is 0 Å². The SMILES string of the molecule is CC(C)CN1C(=O)C(C)(C)Oc2cc(CN)ccc21. The summed E-state index contributed by atoms with van der Waals surface area (Å²) in [4.78, 5) is 14.3. The molecule has 1 aromatic carbocycles. The molecule has 0 saturated carbocycles. The number of benzene rings is 1. The average molecular weight is 262 g/mol. The summed E-state index contributed by atoms with van der Waals surface area (Å²) in [6.07, 6.45) is 0. The van der Waals surface area contributed by atoms with Crippen LogP contribution < -0.4 is 15.4 Å². The molecule has 0 aliphatic carbocycles. The van der Waals surface area contributed by atoms with E-state index in [1.165, 1.54) is 0 Å². The summed E-state index contributed by atoms with van der Waals surface area (Å²) < 4.78 is 5.84. The quantitative estimate of drug-likeness (QED) is 0.909. The number of carbonyl (C=O) groups excluding carboxylic acids is 1. The van der Waals surface area contributed by atoms with Gasteiger partial charge in [-0.1, -0.05) is 19.9 Å². The van der Waals surface area contributed by atoms with Crippen LogP contribution in [0.1, 0.15) is 33.3 Å². The predicted octanol–water partition coefficient (Wildman–Crippen LogP) is 2.31. The Balaban J connectivity index is 2.47. The Kier molecular flexibility index (Phi) is 3.54. The number of nitrogens with zero attached hydrogens (tertiary/aromatic N) is 1. The highest BCUT2D eigenvalue weighted by molar-refractivity contribution is 6.02. The minimum Gasteiger partial charge on any atom is -0.476 e. The zero-order valence-corrected chi connectivity index (χ0v) is 12.1. The normalized spacial score (nSPS) is 17.4. The maximum atomic E-state index is 12.5. The lowest BCUT2D eigenvalue weighted by Gasteiger charge is -2.39.